The maximum Gasteiger partial charge on any atom is 0.407 e. The zero-order valence-corrected chi connectivity index (χ0v) is 22.3. The van der Waals surface area contributed by atoms with Crippen LogP contribution in [0.4, 0.5) is 4.79 Å². The number of alkyl carbamates (subject to hydrolysis) is 1. The normalized spacial score (nSPS) is 29.8. The maximum absolute atomic E-state index is 13.5. The van der Waals surface area contributed by atoms with Gasteiger partial charge in [-0.3, -0.25) is 9.59 Å². The zero-order chi connectivity index (χ0) is 25.6. The number of carbonyl (C=O) groups is 3. The van der Waals surface area contributed by atoms with Crippen molar-refractivity contribution in [2.75, 3.05) is 6.54 Å². The molecule has 3 aliphatic rings. The molecule has 190 valence electrons. The number of nitrogens with two attached hydrogens (primary N) is 2. The van der Waals surface area contributed by atoms with Crippen LogP contribution in [0.15, 0.2) is 40.9 Å². The molecule has 0 radical (unpaired) electrons. The Balaban J connectivity index is 1.57. The van der Waals surface area contributed by atoms with Crippen molar-refractivity contribution < 1.29 is 19.1 Å². The van der Waals surface area contributed by atoms with Gasteiger partial charge in [-0.25, -0.2) is 4.79 Å². The predicted octanol–water partition coefficient (Wildman–Crippen LogP) is 4.33. The van der Waals surface area contributed by atoms with Crippen LogP contribution in [0.2, 0.25) is 0 Å². The van der Waals surface area contributed by atoms with E-state index in [1.807, 2.05) is 45.0 Å². The maximum atomic E-state index is 13.5. The average molecular weight is 547 g/mol. The first-order valence-electron chi connectivity index (χ1n) is 12.4. The second-order valence-electron chi connectivity index (χ2n) is 11.3. The predicted molar refractivity (Wildman–Crippen MR) is 137 cm³/mol. The minimum Gasteiger partial charge on any atom is -0.444 e. The molecule has 7 nitrogen and oxygen atoms in total. The van der Waals surface area contributed by atoms with Crippen molar-refractivity contribution >= 4 is 33.8 Å². The Kier molecular flexibility index (Phi) is 6.58. The molecule has 8 heteroatoms. The van der Waals surface area contributed by atoms with Crippen LogP contribution in [0.5, 0.6) is 0 Å². The van der Waals surface area contributed by atoms with Crippen LogP contribution >= 0.6 is 15.9 Å². The molecular formula is C27H36BrN3O4. The van der Waals surface area contributed by atoms with Gasteiger partial charge in [0.05, 0.1) is 10.8 Å². The summed E-state index contributed by atoms with van der Waals surface area (Å²) < 4.78 is 6.17. The van der Waals surface area contributed by atoms with Gasteiger partial charge in [-0.2, -0.15) is 0 Å². The molecule has 1 aromatic carbocycles. The molecule has 0 aliphatic heterocycles. The molecule has 1 aromatic rings. The topological polar surface area (TPSA) is 125 Å². The van der Waals surface area contributed by atoms with Crippen LogP contribution in [0.1, 0.15) is 64.9 Å². The van der Waals surface area contributed by atoms with E-state index in [4.69, 9.17) is 16.2 Å². The number of carbonyl (C=O) groups excluding carboxylic acids is 3. The molecule has 1 spiro atoms. The summed E-state index contributed by atoms with van der Waals surface area (Å²) >= 11 is 3.47. The molecule has 2 saturated carbocycles. The van der Waals surface area contributed by atoms with E-state index in [-0.39, 0.29) is 17.3 Å². The Labute approximate surface area is 215 Å². The first-order valence-corrected chi connectivity index (χ1v) is 13.2. The fourth-order valence-corrected chi connectivity index (χ4v) is 7.28. The molecule has 35 heavy (non-hydrogen) atoms. The number of hydrogen-bond donors (Lipinski definition) is 3. The van der Waals surface area contributed by atoms with Crippen LogP contribution < -0.4 is 16.8 Å². The van der Waals surface area contributed by atoms with Crippen LogP contribution in [0.25, 0.3) is 0 Å². The molecule has 3 aliphatic carbocycles. The van der Waals surface area contributed by atoms with Gasteiger partial charge in [-0.15, -0.1) is 0 Å². The standard InChI is InChI=1S/C27H36BrN3O4/c1-24(2,3)35-23(34)31-16-6-4-5-13-26(21(29)32)19-11-12-20(25(19)14-15-25)27(26,22(30)33)17-7-9-18(28)10-8-17/h7-12,19-20H,4-6,13-16H2,1-3H3,(H2,29,32)(H2,30,33)(H,31,34)/t19-,20+,26+,27-/m1/s1. The summed E-state index contributed by atoms with van der Waals surface area (Å²) in [7, 11) is 0. The Bertz CT molecular complexity index is 1040. The number of primary amides is 2. The number of benzene rings is 1. The third-order valence-electron chi connectivity index (χ3n) is 8.31. The summed E-state index contributed by atoms with van der Waals surface area (Å²) in [6.07, 6.45) is 8.38. The van der Waals surface area contributed by atoms with Crippen LogP contribution in [0.3, 0.4) is 0 Å². The largest absolute Gasteiger partial charge is 0.444 e. The monoisotopic (exact) mass is 545 g/mol. The highest BCUT2D eigenvalue weighted by Gasteiger charge is 2.82. The highest BCUT2D eigenvalue weighted by molar-refractivity contribution is 9.10. The number of ether oxygens (including phenoxy) is 1. The summed E-state index contributed by atoms with van der Waals surface area (Å²) in [6.45, 7) is 5.94. The van der Waals surface area contributed by atoms with Gasteiger partial charge in [0, 0.05) is 16.9 Å². The lowest BCUT2D eigenvalue weighted by Gasteiger charge is -2.48. The fourth-order valence-electron chi connectivity index (χ4n) is 7.02. The number of halogens is 1. The molecule has 4 rings (SSSR count). The lowest BCUT2D eigenvalue weighted by atomic mass is 9.52. The van der Waals surface area contributed by atoms with Gasteiger partial charge < -0.3 is 21.5 Å². The summed E-state index contributed by atoms with van der Waals surface area (Å²) in [5, 5.41) is 2.77. The van der Waals surface area contributed by atoms with Crippen molar-refractivity contribution in [3.63, 3.8) is 0 Å². The van der Waals surface area contributed by atoms with E-state index >= 15 is 0 Å². The summed E-state index contributed by atoms with van der Waals surface area (Å²) in [5.41, 5.74) is 10.3. The van der Waals surface area contributed by atoms with Gasteiger partial charge in [0.25, 0.3) is 0 Å². The summed E-state index contributed by atoms with van der Waals surface area (Å²) in [6, 6.07) is 7.59. The molecule has 2 fully saturated rings. The summed E-state index contributed by atoms with van der Waals surface area (Å²) in [4.78, 5) is 38.8. The Morgan fingerprint density at radius 3 is 2.17 bits per heavy atom. The third-order valence-corrected chi connectivity index (χ3v) is 8.84. The Morgan fingerprint density at radius 2 is 1.63 bits per heavy atom. The first kappa shape index (κ1) is 25.7. The molecule has 0 unspecified atom stereocenters. The fraction of sp³-hybridized carbons (Fsp3) is 0.593. The van der Waals surface area contributed by atoms with E-state index in [1.165, 1.54) is 0 Å². The molecule has 2 bridgehead atoms. The number of unbranched alkanes of at least 4 members (excludes halogenated alkanes) is 2. The molecule has 0 heterocycles. The molecule has 0 aromatic heterocycles. The highest BCUT2D eigenvalue weighted by Crippen LogP contribution is 2.80. The Morgan fingerprint density at radius 1 is 1.00 bits per heavy atom. The number of amides is 3. The SMILES string of the molecule is CC(C)(C)OC(=O)NCCCCC[C@@]1(C(N)=O)[C@@H]2C=C[C@@H](C23CC3)[C@@]1(C(N)=O)c1ccc(Br)cc1. The summed E-state index contributed by atoms with van der Waals surface area (Å²) in [5.74, 6) is -1.17. The van der Waals surface area contributed by atoms with Crippen molar-refractivity contribution in [2.45, 2.75) is 70.3 Å². The first-order chi connectivity index (χ1) is 16.4. The van der Waals surface area contributed by atoms with Crippen molar-refractivity contribution in [2.24, 2.45) is 34.1 Å². The van der Waals surface area contributed by atoms with Crippen molar-refractivity contribution in [3.05, 3.63) is 46.5 Å². The molecule has 5 N–H and O–H groups in total. The minimum atomic E-state index is -1.18. The van der Waals surface area contributed by atoms with Gasteiger partial charge >= 0.3 is 6.09 Å². The molecule has 4 atom stereocenters. The van der Waals surface area contributed by atoms with Crippen LogP contribution in [-0.2, 0) is 19.7 Å². The van der Waals surface area contributed by atoms with Crippen molar-refractivity contribution in [3.8, 4) is 0 Å². The van der Waals surface area contributed by atoms with E-state index < -0.39 is 34.3 Å². The third kappa shape index (κ3) is 3.98. The van der Waals surface area contributed by atoms with Crippen LogP contribution in [0, 0.1) is 22.7 Å². The second kappa shape index (κ2) is 8.95. The lowest BCUT2D eigenvalue weighted by Crippen LogP contribution is -2.62. The minimum absolute atomic E-state index is 0.103. The lowest BCUT2D eigenvalue weighted by molar-refractivity contribution is -0.143. The van der Waals surface area contributed by atoms with E-state index in [9.17, 15) is 14.4 Å². The number of nitrogens with one attached hydrogen (secondary N) is 1. The van der Waals surface area contributed by atoms with Crippen molar-refractivity contribution in [1.29, 1.82) is 0 Å². The smallest absolute Gasteiger partial charge is 0.407 e. The highest BCUT2D eigenvalue weighted by atomic mass is 79.9. The van der Waals surface area contributed by atoms with Gasteiger partial charge in [-0.05, 0) is 75.5 Å². The van der Waals surface area contributed by atoms with Crippen LogP contribution in [-0.4, -0.2) is 30.1 Å². The van der Waals surface area contributed by atoms with Gasteiger partial charge in [0.15, 0.2) is 0 Å². The second-order valence-corrected chi connectivity index (χ2v) is 12.2. The van der Waals surface area contributed by atoms with Gasteiger partial charge in [0.2, 0.25) is 11.8 Å². The van der Waals surface area contributed by atoms with E-state index in [2.05, 4.69) is 33.4 Å². The average Bonchev–Trinajstić information content (AvgIpc) is 3.42. The van der Waals surface area contributed by atoms with Crippen molar-refractivity contribution in [1.82, 2.24) is 5.32 Å². The molecule has 0 saturated heterocycles. The Hall–Kier alpha value is -2.35. The van der Waals surface area contributed by atoms with E-state index in [0.29, 0.717) is 19.4 Å². The molecular weight excluding hydrogens is 510 g/mol. The van der Waals surface area contributed by atoms with E-state index in [1.54, 1.807) is 0 Å². The quantitative estimate of drug-likeness (QED) is 0.315. The molecule has 3 amide bonds. The van der Waals surface area contributed by atoms with Gasteiger partial charge in [-0.1, -0.05) is 53.1 Å². The number of hydrogen-bond acceptors (Lipinski definition) is 4. The number of rotatable bonds is 9. The van der Waals surface area contributed by atoms with E-state index in [0.717, 1.165) is 35.7 Å². The van der Waals surface area contributed by atoms with Gasteiger partial charge in [0.1, 0.15) is 5.60 Å². The number of allylic oxidation sites excluding steroid dienone is 2. The zero-order valence-electron chi connectivity index (χ0n) is 20.7.